The van der Waals surface area contributed by atoms with E-state index < -0.39 is 5.97 Å². The summed E-state index contributed by atoms with van der Waals surface area (Å²) < 4.78 is 19.8. The SMILES string of the molecule is C=C(C)C(=O)Oc1ccc(-c2ccc(-c3ccc(C)cc3)cc2F)cc1. The van der Waals surface area contributed by atoms with Gasteiger partial charge in [0.05, 0.1) is 0 Å². The monoisotopic (exact) mass is 346 g/mol. The Kier molecular flexibility index (Phi) is 4.99. The molecule has 0 heterocycles. The molecule has 0 aliphatic heterocycles. The van der Waals surface area contributed by atoms with E-state index >= 15 is 0 Å². The lowest BCUT2D eigenvalue weighted by atomic mass is 9.99. The molecule has 26 heavy (non-hydrogen) atoms. The minimum atomic E-state index is -0.480. The minimum absolute atomic E-state index is 0.297. The van der Waals surface area contributed by atoms with Gasteiger partial charge in [0.15, 0.2) is 0 Å². The molecule has 0 atom stereocenters. The summed E-state index contributed by atoms with van der Waals surface area (Å²) in [6, 6.07) is 19.9. The molecule has 0 unspecified atom stereocenters. The van der Waals surface area contributed by atoms with Gasteiger partial charge in [-0.1, -0.05) is 60.7 Å². The molecule has 3 rings (SSSR count). The number of benzene rings is 3. The van der Waals surface area contributed by atoms with Crippen LogP contribution in [0.3, 0.4) is 0 Å². The zero-order chi connectivity index (χ0) is 18.7. The first-order valence-electron chi connectivity index (χ1n) is 8.29. The Balaban J connectivity index is 1.84. The maximum Gasteiger partial charge on any atom is 0.338 e. The summed E-state index contributed by atoms with van der Waals surface area (Å²) in [5.74, 6) is -0.375. The lowest BCUT2D eigenvalue weighted by Crippen LogP contribution is -2.07. The third-order valence-corrected chi connectivity index (χ3v) is 4.08. The first kappa shape index (κ1) is 17.6. The van der Waals surface area contributed by atoms with Crippen molar-refractivity contribution in [2.24, 2.45) is 0 Å². The van der Waals surface area contributed by atoms with E-state index in [0.717, 1.165) is 11.1 Å². The molecule has 0 saturated carbocycles. The van der Waals surface area contributed by atoms with Crippen molar-refractivity contribution in [1.29, 1.82) is 0 Å². The summed E-state index contributed by atoms with van der Waals surface area (Å²) in [6.45, 7) is 7.15. The molecule has 0 saturated heterocycles. The Hall–Kier alpha value is -3.20. The Morgan fingerprint density at radius 1 is 0.885 bits per heavy atom. The van der Waals surface area contributed by atoms with Crippen LogP contribution in [0.15, 0.2) is 78.9 Å². The number of aryl methyl sites for hydroxylation is 1. The summed E-state index contributed by atoms with van der Waals surface area (Å²) >= 11 is 0. The number of hydrogen-bond donors (Lipinski definition) is 0. The predicted octanol–water partition coefficient (Wildman–Crippen LogP) is 5.95. The molecule has 0 aliphatic carbocycles. The Bertz CT molecular complexity index is 955. The van der Waals surface area contributed by atoms with E-state index in [2.05, 4.69) is 6.58 Å². The van der Waals surface area contributed by atoms with E-state index in [1.807, 2.05) is 37.3 Å². The fourth-order valence-electron chi connectivity index (χ4n) is 2.57. The quantitative estimate of drug-likeness (QED) is 0.331. The molecule has 3 heteroatoms. The molecule has 3 aromatic carbocycles. The molecule has 130 valence electrons. The number of carbonyl (C=O) groups excluding carboxylic acids is 1. The lowest BCUT2D eigenvalue weighted by Gasteiger charge is -2.09. The van der Waals surface area contributed by atoms with Crippen molar-refractivity contribution in [2.75, 3.05) is 0 Å². The molecule has 2 nitrogen and oxygen atoms in total. The second-order valence-electron chi connectivity index (χ2n) is 6.25. The fraction of sp³-hybridized carbons (Fsp3) is 0.0870. The second-order valence-corrected chi connectivity index (χ2v) is 6.25. The smallest absolute Gasteiger partial charge is 0.338 e. The molecule has 0 radical (unpaired) electrons. The van der Waals surface area contributed by atoms with Crippen LogP contribution >= 0.6 is 0 Å². The molecule has 0 aromatic heterocycles. The van der Waals surface area contributed by atoms with Crippen molar-refractivity contribution in [1.82, 2.24) is 0 Å². The zero-order valence-corrected chi connectivity index (χ0v) is 14.8. The van der Waals surface area contributed by atoms with Crippen LogP contribution < -0.4 is 4.74 Å². The predicted molar refractivity (Wildman–Crippen MR) is 102 cm³/mol. The average molecular weight is 346 g/mol. The third kappa shape index (κ3) is 3.89. The average Bonchev–Trinajstić information content (AvgIpc) is 2.63. The van der Waals surface area contributed by atoms with Gasteiger partial charge in [-0.15, -0.1) is 0 Å². The standard InChI is InChI=1S/C23H19FO2/c1-15(2)23(25)26-20-11-8-18(9-12-20)21-13-10-19(14-22(21)24)17-6-4-16(3)5-7-17/h4-14H,1H2,2-3H3. The topological polar surface area (TPSA) is 26.3 Å². The summed E-state index contributed by atoms with van der Waals surface area (Å²) in [6.07, 6.45) is 0. The highest BCUT2D eigenvalue weighted by Crippen LogP contribution is 2.29. The maximum atomic E-state index is 14.6. The van der Waals surface area contributed by atoms with Crippen molar-refractivity contribution in [3.05, 3.63) is 90.3 Å². The molecule has 0 aliphatic rings. The number of halogens is 1. The highest BCUT2D eigenvalue weighted by atomic mass is 19.1. The van der Waals surface area contributed by atoms with Gasteiger partial charge >= 0.3 is 5.97 Å². The molecule has 0 fully saturated rings. The van der Waals surface area contributed by atoms with Crippen LogP contribution in [0.4, 0.5) is 4.39 Å². The number of hydrogen-bond acceptors (Lipinski definition) is 2. The van der Waals surface area contributed by atoms with E-state index in [1.54, 1.807) is 37.3 Å². The largest absolute Gasteiger partial charge is 0.423 e. The van der Waals surface area contributed by atoms with Gasteiger partial charge in [0.1, 0.15) is 11.6 Å². The normalized spacial score (nSPS) is 10.4. The second kappa shape index (κ2) is 7.36. The summed E-state index contributed by atoms with van der Waals surface area (Å²) in [5.41, 5.74) is 4.51. The van der Waals surface area contributed by atoms with Gasteiger partial charge < -0.3 is 4.74 Å². The molecular weight excluding hydrogens is 327 g/mol. The summed E-state index contributed by atoms with van der Waals surface area (Å²) in [7, 11) is 0. The Morgan fingerprint density at radius 3 is 2.04 bits per heavy atom. The van der Waals surface area contributed by atoms with Crippen LogP contribution in [0.5, 0.6) is 5.75 Å². The van der Waals surface area contributed by atoms with Gasteiger partial charge in [0.2, 0.25) is 0 Å². The van der Waals surface area contributed by atoms with Crippen molar-refractivity contribution in [2.45, 2.75) is 13.8 Å². The maximum absolute atomic E-state index is 14.6. The highest BCUT2D eigenvalue weighted by Gasteiger charge is 2.09. The van der Waals surface area contributed by atoms with Gasteiger partial charge in [-0.05, 0) is 48.7 Å². The van der Waals surface area contributed by atoms with Crippen LogP contribution in [0.1, 0.15) is 12.5 Å². The molecule has 0 amide bonds. The van der Waals surface area contributed by atoms with Crippen LogP contribution in [0.2, 0.25) is 0 Å². The van der Waals surface area contributed by atoms with Gasteiger partial charge in [0.25, 0.3) is 0 Å². The molecule has 0 bridgehead atoms. The summed E-state index contributed by atoms with van der Waals surface area (Å²) in [4.78, 5) is 11.5. The van der Waals surface area contributed by atoms with E-state index in [0.29, 0.717) is 22.4 Å². The Labute approximate surface area is 152 Å². The van der Waals surface area contributed by atoms with Gasteiger partial charge in [-0.3, -0.25) is 0 Å². The van der Waals surface area contributed by atoms with E-state index in [-0.39, 0.29) is 5.82 Å². The van der Waals surface area contributed by atoms with Crippen LogP contribution in [-0.4, -0.2) is 5.97 Å². The minimum Gasteiger partial charge on any atom is -0.423 e. The van der Waals surface area contributed by atoms with Gasteiger partial charge in [0, 0.05) is 11.1 Å². The molecular formula is C23H19FO2. The van der Waals surface area contributed by atoms with E-state index in [4.69, 9.17) is 4.74 Å². The highest BCUT2D eigenvalue weighted by molar-refractivity contribution is 5.88. The lowest BCUT2D eigenvalue weighted by molar-refractivity contribution is -0.130. The van der Waals surface area contributed by atoms with Crippen molar-refractivity contribution in [3.8, 4) is 28.0 Å². The Morgan fingerprint density at radius 2 is 1.46 bits per heavy atom. The van der Waals surface area contributed by atoms with E-state index in [9.17, 15) is 9.18 Å². The van der Waals surface area contributed by atoms with Crippen LogP contribution in [0, 0.1) is 12.7 Å². The first-order chi connectivity index (χ1) is 12.4. The fourth-order valence-corrected chi connectivity index (χ4v) is 2.57. The van der Waals surface area contributed by atoms with Crippen molar-refractivity contribution in [3.63, 3.8) is 0 Å². The van der Waals surface area contributed by atoms with Gasteiger partial charge in [-0.25, -0.2) is 9.18 Å². The van der Waals surface area contributed by atoms with Crippen LogP contribution in [0.25, 0.3) is 22.3 Å². The molecule has 0 spiro atoms. The number of ether oxygens (including phenoxy) is 1. The number of esters is 1. The van der Waals surface area contributed by atoms with E-state index in [1.165, 1.54) is 11.6 Å². The molecule has 3 aromatic rings. The first-order valence-corrected chi connectivity index (χ1v) is 8.29. The number of rotatable bonds is 4. The summed E-state index contributed by atoms with van der Waals surface area (Å²) in [5, 5.41) is 0. The van der Waals surface area contributed by atoms with Crippen LogP contribution in [-0.2, 0) is 4.79 Å². The number of carbonyl (C=O) groups is 1. The zero-order valence-electron chi connectivity index (χ0n) is 14.8. The van der Waals surface area contributed by atoms with Gasteiger partial charge in [-0.2, -0.15) is 0 Å². The third-order valence-electron chi connectivity index (χ3n) is 4.08. The van der Waals surface area contributed by atoms with Crippen molar-refractivity contribution < 1.29 is 13.9 Å². The van der Waals surface area contributed by atoms with Crippen molar-refractivity contribution >= 4 is 5.97 Å². The molecule has 0 N–H and O–H groups in total.